The highest BCUT2D eigenvalue weighted by Crippen LogP contribution is 2.33. The topological polar surface area (TPSA) is 81.2 Å². The van der Waals surface area contributed by atoms with Crippen LogP contribution in [-0.2, 0) is 22.4 Å². The van der Waals surface area contributed by atoms with E-state index in [1.165, 1.54) is 40.0 Å². The predicted octanol–water partition coefficient (Wildman–Crippen LogP) is 3.63. The molecule has 0 saturated heterocycles. The standard InChI is InChI=1S/C16H19N3O3S3/c1-3-22-13(20)8-23-16-19-18-15(25-16)17-14(21)12-7-10-6-9(2)4-5-11(10)24-12/h7,9H,3-6,8H2,1-2H3,(H,17,18,21). The second-order valence-corrected chi connectivity index (χ2v) is 9.16. The minimum atomic E-state index is -0.285. The van der Waals surface area contributed by atoms with Crippen LogP contribution in [0, 0.1) is 5.92 Å². The highest BCUT2D eigenvalue weighted by Gasteiger charge is 2.21. The van der Waals surface area contributed by atoms with Gasteiger partial charge in [0.1, 0.15) is 0 Å². The average Bonchev–Trinajstić information content (AvgIpc) is 3.19. The van der Waals surface area contributed by atoms with Crippen molar-refractivity contribution in [1.29, 1.82) is 0 Å². The monoisotopic (exact) mass is 397 g/mol. The van der Waals surface area contributed by atoms with E-state index >= 15 is 0 Å². The summed E-state index contributed by atoms with van der Waals surface area (Å²) in [6.07, 6.45) is 3.29. The first-order chi connectivity index (χ1) is 12.0. The van der Waals surface area contributed by atoms with Gasteiger partial charge in [0.15, 0.2) is 4.34 Å². The molecule has 25 heavy (non-hydrogen) atoms. The van der Waals surface area contributed by atoms with Gasteiger partial charge in [0, 0.05) is 4.88 Å². The fraction of sp³-hybridized carbons (Fsp3) is 0.500. The van der Waals surface area contributed by atoms with Gasteiger partial charge in [-0.05, 0) is 43.7 Å². The van der Waals surface area contributed by atoms with Crippen molar-refractivity contribution in [3.05, 3.63) is 21.4 Å². The number of amides is 1. The van der Waals surface area contributed by atoms with E-state index in [-0.39, 0.29) is 17.6 Å². The minimum Gasteiger partial charge on any atom is -0.465 e. The number of nitrogens with zero attached hydrogens (tertiary/aromatic N) is 2. The maximum absolute atomic E-state index is 12.4. The third-order valence-electron chi connectivity index (χ3n) is 3.80. The molecule has 2 aromatic heterocycles. The Balaban J connectivity index is 1.57. The third-order valence-corrected chi connectivity index (χ3v) is 6.98. The second kappa shape index (κ2) is 8.29. The van der Waals surface area contributed by atoms with E-state index in [0.717, 1.165) is 17.7 Å². The first-order valence-corrected chi connectivity index (χ1v) is 10.7. The Morgan fingerprint density at radius 3 is 3.04 bits per heavy atom. The zero-order valence-corrected chi connectivity index (χ0v) is 16.5. The van der Waals surface area contributed by atoms with Crippen LogP contribution in [0.5, 0.6) is 0 Å². The Bertz CT molecular complexity index is 772. The molecule has 1 atom stereocenters. The Morgan fingerprint density at radius 1 is 1.40 bits per heavy atom. The summed E-state index contributed by atoms with van der Waals surface area (Å²) in [5, 5.41) is 11.2. The molecule has 0 bridgehead atoms. The van der Waals surface area contributed by atoms with Crippen LogP contribution in [0.25, 0.3) is 0 Å². The van der Waals surface area contributed by atoms with E-state index in [1.54, 1.807) is 18.3 Å². The van der Waals surface area contributed by atoms with Crippen molar-refractivity contribution in [2.75, 3.05) is 17.7 Å². The van der Waals surface area contributed by atoms with Crippen LogP contribution < -0.4 is 5.32 Å². The lowest BCUT2D eigenvalue weighted by molar-refractivity contribution is -0.139. The van der Waals surface area contributed by atoms with Gasteiger partial charge in [-0.1, -0.05) is 30.0 Å². The molecule has 0 radical (unpaired) electrons. The summed E-state index contributed by atoms with van der Waals surface area (Å²) >= 11 is 4.08. The molecule has 0 spiro atoms. The van der Waals surface area contributed by atoms with Gasteiger partial charge in [0.25, 0.3) is 5.91 Å². The molecule has 1 aliphatic carbocycles. The summed E-state index contributed by atoms with van der Waals surface area (Å²) in [4.78, 5) is 25.8. The van der Waals surface area contributed by atoms with Gasteiger partial charge in [-0.25, -0.2) is 0 Å². The molecule has 2 aromatic rings. The molecule has 1 aliphatic rings. The number of carbonyl (C=O) groups excluding carboxylic acids is 2. The molecule has 6 nitrogen and oxygen atoms in total. The fourth-order valence-electron chi connectivity index (χ4n) is 2.62. The molecule has 1 unspecified atom stereocenters. The Kier molecular flexibility index (Phi) is 6.08. The number of rotatable bonds is 6. The van der Waals surface area contributed by atoms with Crippen LogP contribution >= 0.6 is 34.4 Å². The molecule has 9 heteroatoms. The predicted molar refractivity (Wildman–Crippen MR) is 101 cm³/mol. The summed E-state index contributed by atoms with van der Waals surface area (Å²) in [5.41, 5.74) is 1.30. The minimum absolute atomic E-state index is 0.148. The molecule has 134 valence electrons. The molecular formula is C16H19N3O3S3. The Labute approximate surface area is 158 Å². The van der Waals surface area contributed by atoms with Crippen molar-refractivity contribution in [3.63, 3.8) is 0 Å². The molecule has 3 rings (SSSR count). The van der Waals surface area contributed by atoms with Crippen molar-refractivity contribution in [3.8, 4) is 0 Å². The molecule has 0 aliphatic heterocycles. The summed E-state index contributed by atoms with van der Waals surface area (Å²) < 4.78 is 5.50. The van der Waals surface area contributed by atoms with Crippen LogP contribution in [-0.4, -0.2) is 34.4 Å². The average molecular weight is 398 g/mol. The number of anilines is 1. The fourth-order valence-corrected chi connectivity index (χ4v) is 5.27. The van der Waals surface area contributed by atoms with Crippen molar-refractivity contribution < 1.29 is 14.3 Å². The number of carbonyl (C=O) groups is 2. The van der Waals surface area contributed by atoms with Crippen LogP contribution in [0.4, 0.5) is 5.13 Å². The number of ether oxygens (including phenoxy) is 1. The number of fused-ring (bicyclic) bond motifs is 1. The van der Waals surface area contributed by atoms with E-state index < -0.39 is 0 Å². The van der Waals surface area contributed by atoms with Gasteiger partial charge in [-0.2, -0.15) is 0 Å². The number of hydrogen-bond donors (Lipinski definition) is 1. The van der Waals surface area contributed by atoms with E-state index in [9.17, 15) is 9.59 Å². The van der Waals surface area contributed by atoms with Crippen molar-refractivity contribution in [2.45, 2.75) is 37.4 Å². The first-order valence-electron chi connectivity index (χ1n) is 8.10. The smallest absolute Gasteiger partial charge is 0.316 e. The third kappa shape index (κ3) is 4.80. The van der Waals surface area contributed by atoms with Gasteiger partial charge in [0.05, 0.1) is 17.2 Å². The molecular weight excluding hydrogens is 378 g/mol. The number of hydrogen-bond acceptors (Lipinski definition) is 8. The summed E-state index contributed by atoms with van der Waals surface area (Å²) in [6.45, 7) is 4.38. The summed E-state index contributed by atoms with van der Waals surface area (Å²) in [6, 6.07) is 2.00. The normalized spacial score (nSPS) is 16.3. The number of esters is 1. The summed E-state index contributed by atoms with van der Waals surface area (Å²) in [5.74, 6) is 0.434. The van der Waals surface area contributed by atoms with E-state index in [1.807, 2.05) is 6.07 Å². The van der Waals surface area contributed by atoms with Crippen LogP contribution in [0.3, 0.4) is 0 Å². The van der Waals surface area contributed by atoms with E-state index in [4.69, 9.17) is 4.74 Å². The summed E-state index contributed by atoms with van der Waals surface area (Å²) in [7, 11) is 0. The van der Waals surface area contributed by atoms with Crippen molar-refractivity contribution in [1.82, 2.24) is 10.2 Å². The van der Waals surface area contributed by atoms with Crippen LogP contribution in [0.15, 0.2) is 10.4 Å². The highest BCUT2D eigenvalue weighted by atomic mass is 32.2. The maximum atomic E-state index is 12.4. The van der Waals surface area contributed by atoms with Crippen LogP contribution in [0.2, 0.25) is 0 Å². The zero-order valence-electron chi connectivity index (χ0n) is 14.0. The quantitative estimate of drug-likeness (QED) is 0.455. The Morgan fingerprint density at radius 2 is 2.24 bits per heavy atom. The number of aryl methyl sites for hydroxylation is 1. The number of nitrogens with one attached hydrogen (secondary N) is 1. The number of thioether (sulfide) groups is 1. The van der Waals surface area contributed by atoms with Gasteiger partial charge in [0.2, 0.25) is 5.13 Å². The van der Waals surface area contributed by atoms with Crippen molar-refractivity contribution >= 4 is 51.4 Å². The first kappa shape index (κ1) is 18.3. The molecule has 0 aromatic carbocycles. The second-order valence-electron chi connectivity index (χ2n) is 5.83. The lowest BCUT2D eigenvalue weighted by atomic mass is 9.90. The number of aromatic nitrogens is 2. The molecule has 1 amide bonds. The number of thiophene rings is 1. The molecule has 1 N–H and O–H groups in total. The zero-order chi connectivity index (χ0) is 17.8. The lowest BCUT2D eigenvalue weighted by Crippen LogP contribution is -2.10. The van der Waals surface area contributed by atoms with Crippen LogP contribution in [0.1, 0.15) is 40.4 Å². The maximum Gasteiger partial charge on any atom is 0.316 e. The highest BCUT2D eigenvalue weighted by molar-refractivity contribution is 8.01. The van der Waals surface area contributed by atoms with E-state index in [2.05, 4.69) is 22.4 Å². The largest absolute Gasteiger partial charge is 0.465 e. The molecule has 0 fully saturated rings. The molecule has 0 saturated carbocycles. The van der Waals surface area contributed by atoms with Gasteiger partial charge >= 0.3 is 5.97 Å². The van der Waals surface area contributed by atoms with E-state index in [0.29, 0.717) is 22.0 Å². The SMILES string of the molecule is CCOC(=O)CSc1nnc(NC(=O)c2cc3c(s2)CCC(C)C3)s1. The van der Waals surface area contributed by atoms with Gasteiger partial charge in [-0.3, -0.25) is 14.9 Å². The molecule has 2 heterocycles. The lowest BCUT2D eigenvalue weighted by Gasteiger charge is -2.16. The Hall–Kier alpha value is -1.45. The van der Waals surface area contributed by atoms with Crippen molar-refractivity contribution in [2.24, 2.45) is 5.92 Å². The van der Waals surface area contributed by atoms with Gasteiger partial charge in [-0.15, -0.1) is 21.5 Å². The van der Waals surface area contributed by atoms with Gasteiger partial charge < -0.3 is 4.74 Å².